The lowest BCUT2D eigenvalue weighted by Gasteiger charge is -2.29. The van der Waals surface area contributed by atoms with E-state index in [1.165, 1.54) is 0 Å². The van der Waals surface area contributed by atoms with Gasteiger partial charge in [-0.15, -0.1) is 0 Å². The predicted molar refractivity (Wildman–Crippen MR) is 112 cm³/mol. The Morgan fingerprint density at radius 3 is 2.32 bits per heavy atom. The van der Waals surface area contributed by atoms with Gasteiger partial charge in [0.1, 0.15) is 0 Å². The van der Waals surface area contributed by atoms with E-state index in [4.69, 9.17) is 5.73 Å². The third-order valence-corrected chi connectivity index (χ3v) is 5.98. The quantitative estimate of drug-likeness (QED) is 0.762. The molecule has 146 valence electrons. The Balaban J connectivity index is 1.81. The number of nitrogens with two attached hydrogens (primary N) is 1. The van der Waals surface area contributed by atoms with Crippen molar-refractivity contribution in [3.8, 4) is 11.1 Å². The fraction of sp³-hybridized carbons (Fsp3) is 0.364. The number of aromatic nitrogens is 2. The van der Waals surface area contributed by atoms with Gasteiger partial charge in [0.2, 0.25) is 5.91 Å². The van der Waals surface area contributed by atoms with Crippen LogP contribution in [-0.4, -0.2) is 40.1 Å². The maximum absolute atomic E-state index is 13.0. The number of primary amides is 1. The van der Waals surface area contributed by atoms with Crippen LogP contribution < -0.4 is 11.4 Å². The van der Waals surface area contributed by atoms with E-state index in [1.54, 1.807) is 4.57 Å². The van der Waals surface area contributed by atoms with Gasteiger partial charge in [-0.25, -0.2) is 4.79 Å². The number of piperidine rings is 1. The second-order valence-corrected chi connectivity index (χ2v) is 7.84. The number of aryl methyl sites for hydroxylation is 2. The molecule has 6 heteroatoms. The topological polar surface area (TPSA) is 73.3 Å². The van der Waals surface area contributed by atoms with Crippen molar-refractivity contribution in [2.24, 2.45) is 12.8 Å². The molecule has 1 fully saturated rings. The van der Waals surface area contributed by atoms with Crippen molar-refractivity contribution < 1.29 is 4.79 Å². The predicted octanol–water partition coefficient (Wildman–Crippen LogP) is 2.68. The molecule has 0 aliphatic carbocycles. The van der Waals surface area contributed by atoms with E-state index in [0.29, 0.717) is 5.56 Å². The second-order valence-electron chi connectivity index (χ2n) is 7.84. The van der Waals surface area contributed by atoms with E-state index < -0.39 is 5.91 Å². The number of carbonyl (C=O) groups is 1. The second kappa shape index (κ2) is 6.95. The van der Waals surface area contributed by atoms with Gasteiger partial charge in [-0.2, -0.15) is 0 Å². The van der Waals surface area contributed by atoms with Gasteiger partial charge in [0.05, 0.1) is 11.0 Å². The van der Waals surface area contributed by atoms with Gasteiger partial charge in [-0.3, -0.25) is 13.9 Å². The Morgan fingerprint density at radius 2 is 1.64 bits per heavy atom. The van der Waals surface area contributed by atoms with Gasteiger partial charge >= 0.3 is 5.69 Å². The molecule has 2 N–H and O–H groups in total. The summed E-state index contributed by atoms with van der Waals surface area (Å²) in [7, 11) is 3.94. The van der Waals surface area contributed by atoms with E-state index in [9.17, 15) is 9.59 Å². The van der Waals surface area contributed by atoms with Crippen LogP contribution >= 0.6 is 0 Å². The molecular formula is C22H26N4O2. The summed E-state index contributed by atoms with van der Waals surface area (Å²) in [6.07, 6.45) is 1.97. The summed E-state index contributed by atoms with van der Waals surface area (Å²) in [6.45, 7) is 3.88. The average Bonchev–Trinajstić information content (AvgIpc) is 2.93. The molecule has 4 rings (SSSR count). The number of hydrogen-bond donors (Lipinski definition) is 1. The van der Waals surface area contributed by atoms with Crippen LogP contribution in [0.15, 0.2) is 41.2 Å². The van der Waals surface area contributed by atoms with Gasteiger partial charge in [0.15, 0.2) is 0 Å². The molecule has 6 nitrogen and oxygen atoms in total. The number of imidazole rings is 1. The molecule has 0 saturated carbocycles. The van der Waals surface area contributed by atoms with Gasteiger partial charge < -0.3 is 10.6 Å². The van der Waals surface area contributed by atoms with Gasteiger partial charge in [-0.05, 0) is 74.8 Å². The zero-order valence-electron chi connectivity index (χ0n) is 16.6. The monoisotopic (exact) mass is 378 g/mol. The SMILES string of the molecule is Cc1ccc(-c2ccc3c(c2)n(C)c(=O)n3C2CCN(C)CC2)cc1C(N)=O. The van der Waals surface area contributed by atoms with Crippen molar-refractivity contribution in [1.29, 1.82) is 0 Å². The zero-order valence-corrected chi connectivity index (χ0v) is 16.6. The third-order valence-electron chi connectivity index (χ3n) is 5.98. The van der Waals surface area contributed by atoms with Crippen LogP contribution in [0.3, 0.4) is 0 Å². The number of benzene rings is 2. The molecule has 0 radical (unpaired) electrons. The summed E-state index contributed by atoms with van der Waals surface area (Å²) in [6, 6.07) is 12.0. The summed E-state index contributed by atoms with van der Waals surface area (Å²) in [5, 5.41) is 0. The summed E-state index contributed by atoms with van der Waals surface area (Å²) in [5.41, 5.74) is 10.7. The number of amides is 1. The summed E-state index contributed by atoms with van der Waals surface area (Å²) in [4.78, 5) is 26.9. The van der Waals surface area contributed by atoms with Crippen molar-refractivity contribution in [1.82, 2.24) is 14.0 Å². The number of fused-ring (bicyclic) bond motifs is 1. The lowest BCUT2D eigenvalue weighted by Crippen LogP contribution is -2.35. The number of likely N-dealkylation sites (tertiary alicyclic amines) is 1. The smallest absolute Gasteiger partial charge is 0.329 e. The van der Waals surface area contributed by atoms with E-state index in [-0.39, 0.29) is 11.7 Å². The molecule has 1 aliphatic rings. The van der Waals surface area contributed by atoms with E-state index in [0.717, 1.165) is 53.7 Å². The molecule has 2 aromatic carbocycles. The molecule has 2 heterocycles. The molecule has 0 atom stereocenters. The fourth-order valence-electron chi connectivity index (χ4n) is 4.22. The first kappa shape index (κ1) is 18.5. The third kappa shape index (κ3) is 3.03. The van der Waals surface area contributed by atoms with Crippen LogP contribution in [0.4, 0.5) is 0 Å². The number of hydrogen-bond acceptors (Lipinski definition) is 3. The van der Waals surface area contributed by atoms with Crippen LogP contribution in [0, 0.1) is 6.92 Å². The summed E-state index contributed by atoms with van der Waals surface area (Å²) >= 11 is 0. The highest BCUT2D eigenvalue weighted by molar-refractivity contribution is 5.96. The van der Waals surface area contributed by atoms with Gasteiger partial charge in [-0.1, -0.05) is 18.2 Å². The van der Waals surface area contributed by atoms with Crippen LogP contribution in [0.2, 0.25) is 0 Å². The standard InChI is InChI=1S/C22H26N4O2/c1-14-4-5-15(12-18(14)21(23)27)16-6-7-19-20(13-16)25(3)22(28)26(19)17-8-10-24(2)11-9-17/h4-7,12-13,17H,8-11H2,1-3H3,(H2,23,27). The molecule has 28 heavy (non-hydrogen) atoms. The Hall–Kier alpha value is -2.86. The number of rotatable bonds is 3. The van der Waals surface area contributed by atoms with Crippen molar-refractivity contribution in [2.45, 2.75) is 25.8 Å². The number of carbonyl (C=O) groups excluding carboxylic acids is 1. The Labute approximate surface area is 164 Å². The van der Waals surface area contributed by atoms with Crippen LogP contribution in [0.5, 0.6) is 0 Å². The first-order valence-corrected chi connectivity index (χ1v) is 9.67. The largest absolute Gasteiger partial charge is 0.366 e. The molecule has 0 spiro atoms. The first-order chi connectivity index (χ1) is 13.4. The zero-order chi connectivity index (χ0) is 20.0. The highest BCUT2D eigenvalue weighted by Gasteiger charge is 2.23. The van der Waals surface area contributed by atoms with Crippen LogP contribution in [-0.2, 0) is 7.05 Å². The Bertz CT molecular complexity index is 1120. The average molecular weight is 378 g/mol. The van der Waals surface area contributed by atoms with Crippen molar-refractivity contribution in [3.63, 3.8) is 0 Å². The van der Waals surface area contributed by atoms with Crippen molar-refractivity contribution in [2.75, 3.05) is 20.1 Å². The lowest BCUT2D eigenvalue weighted by atomic mass is 9.99. The molecule has 1 aliphatic heterocycles. The molecule has 3 aromatic rings. The Kier molecular flexibility index (Phi) is 4.59. The Morgan fingerprint density at radius 1 is 1.00 bits per heavy atom. The van der Waals surface area contributed by atoms with Crippen molar-refractivity contribution in [3.05, 3.63) is 58.0 Å². The molecule has 1 aromatic heterocycles. The minimum Gasteiger partial charge on any atom is -0.366 e. The normalized spacial score (nSPS) is 16.0. The molecule has 0 bridgehead atoms. The molecule has 1 amide bonds. The molecular weight excluding hydrogens is 352 g/mol. The fourth-order valence-corrected chi connectivity index (χ4v) is 4.22. The summed E-state index contributed by atoms with van der Waals surface area (Å²) < 4.78 is 3.68. The van der Waals surface area contributed by atoms with Gasteiger partial charge in [0.25, 0.3) is 0 Å². The molecule has 0 unspecified atom stereocenters. The highest BCUT2D eigenvalue weighted by Crippen LogP contribution is 2.29. The maximum Gasteiger partial charge on any atom is 0.329 e. The minimum atomic E-state index is -0.429. The summed E-state index contributed by atoms with van der Waals surface area (Å²) in [5.74, 6) is -0.429. The van der Waals surface area contributed by atoms with Gasteiger partial charge in [0, 0.05) is 18.7 Å². The molecule has 1 saturated heterocycles. The minimum absolute atomic E-state index is 0.0310. The van der Waals surface area contributed by atoms with E-state index in [1.807, 2.05) is 54.9 Å². The van der Waals surface area contributed by atoms with Crippen LogP contribution in [0.1, 0.15) is 34.8 Å². The maximum atomic E-state index is 13.0. The highest BCUT2D eigenvalue weighted by atomic mass is 16.2. The lowest BCUT2D eigenvalue weighted by molar-refractivity contribution is 0.0999. The van der Waals surface area contributed by atoms with Crippen LogP contribution in [0.25, 0.3) is 22.2 Å². The number of nitrogens with zero attached hydrogens (tertiary/aromatic N) is 3. The van der Waals surface area contributed by atoms with E-state index in [2.05, 4.69) is 11.9 Å². The first-order valence-electron chi connectivity index (χ1n) is 9.67. The van der Waals surface area contributed by atoms with Crippen molar-refractivity contribution >= 4 is 16.9 Å². The van der Waals surface area contributed by atoms with E-state index >= 15 is 0 Å².